The molecule has 2 aromatic carbocycles. The zero-order valence-electron chi connectivity index (χ0n) is 13.7. The number of hydrogen-bond acceptors (Lipinski definition) is 4. The van der Waals surface area contributed by atoms with E-state index < -0.39 is 11.8 Å². The number of allylic oxidation sites excluding steroid dienone is 1. The molecule has 25 heavy (non-hydrogen) atoms. The van der Waals surface area contributed by atoms with Crippen LogP contribution in [0, 0.1) is 0 Å². The van der Waals surface area contributed by atoms with Crippen LogP contribution in [0.2, 0.25) is 5.02 Å². The lowest BCUT2D eigenvalue weighted by Crippen LogP contribution is -2.36. The Hall–Kier alpha value is -2.30. The highest BCUT2D eigenvalue weighted by atomic mass is 35.5. The fourth-order valence-corrected chi connectivity index (χ4v) is 3.79. The second-order valence-electron chi connectivity index (χ2n) is 6.16. The van der Waals surface area contributed by atoms with Crippen molar-refractivity contribution in [3.63, 3.8) is 0 Å². The van der Waals surface area contributed by atoms with Crippen LogP contribution in [0.3, 0.4) is 0 Å². The third-order valence-corrected chi connectivity index (χ3v) is 5.04. The summed E-state index contributed by atoms with van der Waals surface area (Å²) in [5.41, 5.74) is 2.94. The predicted octanol–water partition coefficient (Wildman–Crippen LogP) is 4.28. The molecule has 0 aromatic heterocycles. The van der Waals surface area contributed by atoms with E-state index in [1.807, 2.05) is 48.5 Å². The Bertz CT molecular complexity index is 860. The number of methoxy groups -OCH3 is 1. The molecule has 0 fully saturated rings. The number of halogens is 1. The van der Waals surface area contributed by atoms with E-state index in [2.05, 4.69) is 0 Å². The molecule has 0 saturated heterocycles. The van der Waals surface area contributed by atoms with Gasteiger partial charge in [-0.2, -0.15) is 0 Å². The molecule has 0 unspecified atom stereocenters. The van der Waals surface area contributed by atoms with E-state index in [0.29, 0.717) is 18.1 Å². The highest BCUT2D eigenvalue weighted by Crippen LogP contribution is 2.49. The first-order chi connectivity index (χ1) is 12.1. The molecule has 1 spiro atoms. The number of benzene rings is 2. The van der Waals surface area contributed by atoms with Crippen LogP contribution in [0.25, 0.3) is 0 Å². The Morgan fingerprint density at radius 3 is 2.76 bits per heavy atom. The van der Waals surface area contributed by atoms with Crippen molar-refractivity contribution in [2.45, 2.75) is 24.7 Å². The van der Waals surface area contributed by atoms with Crippen LogP contribution < -0.4 is 0 Å². The minimum Gasteiger partial charge on any atom is -0.463 e. The van der Waals surface area contributed by atoms with E-state index in [-0.39, 0.29) is 11.7 Å². The van der Waals surface area contributed by atoms with Gasteiger partial charge in [0.25, 0.3) is 0 Å². The molecule has 2 aromatic rings. The summed E-state index contributed by atoms with van der Waals surface area (Å²) in [4.78, 5) is 12.2. The van der Waals surface area contributed by atoms with E-state index in [9.17, 15) is 4.79 Å². The molecule has 0 saturated carbocycles. The van der Waals surface area contributed by atoms with Crippen LogP contribution >= 0.6 is 11.6 Å². The van der Waals surface area contributed by atoms with Gasteiger partial charge in [-0.25, -0.2) is 4.79 Å². The molecule has 2 aliphatic rings. The molecule has 2 aliphatic heterocycles. The van der Waals surface area contributed by atoms with Crippen molar-refractivity contribution in [3.05, 3.63) is 82.1 Å². The first-order valence-corrected chi connectivity index (χ1v) is 8.47. The molecule has 4 rings (SSSR count). The minimum absolute atomic E-state index is 0.122. The van der Waals surface area contributed by atoms with Crippen LogP contribution in [0.1, 0.15) is 29.0 Å². The number of carbonyl (C=O) groups excluding carboxylic acids is 1. The molecular formula is C20H17ClO4. The normalized spacial score (nSPS) is 24.4. The highest BCUT2D eigenvalue weighted by Gasteiger charge is 2.48. The number of fused-ring (bicyclic) bond motifs is 2. The molecule has 0 N–H and O–H groups in total. The average Bonchev–Trinajstić information content (AvgIpc) is 2.99. The van der Waals surface area contributed by atoms with Crippen molar-refractivity contribution in [2.75, 3.05) is 7.11 Å². The van der Waals surface area contributed by atoms with Crippen molar-refractivity contribution >= 4 is 17.6 Å². The van der Waals surface area contributed by atoms with E-state index in [0.717, 1.165) is 16.7 Å². The Kier molecular flexibility index (Phi) is 4.02. The Morgan fingerprint density at radius 1 is 1.20 bits per heavy atom. The summed E-state index contributed by atoms with van der Waals surface area (Å²) in [7, 11) is 1.34. The number of hydrogen-bond donors (Lipinski definition) is 0. The number of esters is 1. The highest BCUT2D eigenvalue weighted by molar-refractivity contribution is 6.31. The molecule has 0 bridgehead atoms. The maximum absolute atomic E-state index is 12.2. The monoisotopic (exact) mass is 356 g/mol. The Labute approximate surface area is 151 Å². The van der Waals surface area contributed by atoms with Gasteiger partial charge in [0.1, 0.15) is 0 Å². The van der Waals surface area contributed by atoms with Gasteiger partial charge in [-0.05, 0) is 23.3 Å². The largest absolute Gasteiger partial charge is 0.463 e. The van der Waals surface area contributed by atoms with Crippen LogP contribution in [0.5, 0.6) is 0 Å². The lowest BCUT2D eigenvalue weighted by molar-refractivity contribution is -0.231. The van der Waals surface area contributed by atoms with Gasteiger partial charge >= 0.3 is 5.97 Å². The van der Waals surface area contributed by atoms with Crippen LogP contribution in [-0.4, -0.2) is 13.1 Å². The average molecular weight is 357 g/mol. The molecular weight excluding hydrogens is 340 g/mol. The van der Waals surface area contributed by atoms with Gasteiger partial charge in [0.05, 0.1) is 13.7 Å². The fraction of sp³-hybridized carbons (Fsp3) is 0.250. The Morgan fingerprint density at radius 2 is 1.96 bits per heavy atom. The maximum Gasteiger partial charge on any atom is 0.373 e. The van der Waals surface area contributed by atoms with Crippen molar-refractivity contribution in [2.24, 2.45) is 0 Å². The zero-order valence-corrected chi connectivity index (χ0v) is 14.5. The first kappa shape index (κ1) is 16.2. The third kappa shape index (κ3) is 2.71. The number of ether oxygens (including phenoxy) is 3. The molecule has 5 heteroatoms. The van der Waals surface area contributed by atoms with E-state index >= 15 is 0 Å². The third-order valence-electron chi connectivity index (χ3n) is 4.70. The van der Waals surface area contributed by atoms with Crippen LogP contribution in [0.15, 0.2) is 60.4 Å². The van der Waals surface area contributed by atoms with Gasteiger partial charge in [0, 0.05) is 22.9 Å². The fourth-order valence-electron chi connectivity index (χ4n) is 3.51. The minimum atomic E-state index is -1.00. The second kappa shape index (κ2) is 6.21. The van der Waals surface area contributed by atoms with Gasteiger partial charge in [-0.15, -0.1) is 0 Å². The number of rotatable bonds is 2. The summed E-state index contributed by atoms with van der Waals surface area (Å²) in [6, 6.07) is 15.5. The quantitative estimate of drug-likeness (QED) is 0.753. The smallest absolute Gasteiger partial charge is 0.373 e. The first-order valence-electron chi connectivity index (χ1n) is 8.09. The predicted molar refractivity (Wildman–Crippen MR) is 92.9 cm³/mol. The van der Waals surface area contributed by atoms with Gasteiger partial charge in [0.15, 0.2) is 0 Å². The summed E-state index contributed by atoms with van der Waals surface area (Å²) in [6.45, 7) is 0.444. The van der Waals surface area contributed by atoms with Crippen molar-refractivity contribution in [1.82, 2.24) is 0 Å². The lowest BCUT2D eigenvalue weighted by Gasteiger charge is -2.37. The standard InChI is InChI=1S/C20H17ClO4/c1-23-19(22)18-10-14(15-7-3-5-9-17(15)21)11-20(25-18)16-8-4-2-6-13(16)12-24-20/h2-10,14H,11-12H2,1H3/t14-,20+/m0/s1. The molecule has 128 valence electrons. The summed E-state index contributed by atoms with van der Waals surface area (Å²) in [5, 5.41) is 0.649. The van der Waals surface area contributed by atoms with Gasteiger partial charge in [-0.1, -0.05) is 54.1 Å². The summed E-state index contributed by atoms with van der Waals surface area (Å²) in [5.74, 6) is -1.50. The summed E-state index contributed by atoms with van der Waals surface area (Å²) < 4.78 is 17.0. The Balaban J connectivity index is 1.81. The van der Waals surface area contributed by atoms with Gasteiger partial charge in [-0.3, -0.25) is 0 Å². The van der Waals surface area contributed by atoms with Crippen molar-refractivity contribution < 1.29 is 19.0 Å². The van der Waals surface area contributed by atoms with Crippen molar-refractivity contribution in [1.29, 1.82) is 0 Å². The van der Waals surface area contributed by atoms with E-state index in [1.54, 1.807) is 6.08 Å². The van der Waals surface area contributed by atoms with Gasteiger partial charge < -0.3 is 14.2 Å². The molecule has 0 aliphatic carbocycles. The summed E-state index contributed by atoms with van der Waals surface area (Å²) >= 11 is 6.39. The topological polar surface area (TPSA) is 44.8 Å². The lowest BCUT2D eigenvalue weighted by atomic mass is 9.85. The van der Waals surface area contributed by atoms with E-state index in [1.165, 1.54) is 7.11 Å². The summed E-state index contributed by atoms with van der Waals surface area (Å²) in [6.07, 6.45) is 2.30. The number of carbonyl (C=O) groups is 1. The molecule has 0 amide bonds. The maximum atomic E-state index is 12.2. The SMILES string of the molecule is COC(=O)C1=C[C@H](c2ccccc2Cl)C[C@@]2(OCc3ccccc32)O1. The zero-order chi connectivity index (χ0) is 17.4. The van der Waals surface area contributed by atoms with E-state index in [4.69, 9.17) is 25.8 Å². The molecule has 0 radical (unpaired) electrons. The van der Waals surface area contributed by atoms with Crippen LogP contribution in [-0.2, 0) is 31.4 Å². The molecule has 2 heterocycles. The molecule has 4 nitrogen and oxygen atoms in total. The second-order valence-corrected chi connectivity index (χ2v) is 6.56. The van der Waals surface area contributed by atoms with Crippen molar-refractivity contribution in [3.8, 4) is 0 Å². The van der Waals surface area contributed by atoms with Crippen LogP contribution in [0.4, 0.5) is 0 Å². The van der Waals surface area contributed by atoms with Gasteiger partial charge in [0.2, 0.25) is 11.5 Å². The molecule has 2 atom stereocenters.